The van der Waals surface area contributed by atoms with Crippen molar-refractivity contribution < 1.29 is 14.7 Å². The number of thiophene rings is 1. The van der Waals surface area contributed by atoms with Gasteiger partial charge in [0.2, 0.25) is 0 Å². The van der Waals surface area contributed by atoms with E-state index in [1.54, 1.807) is 29.6 Å². The molecule has 0 radical (unpaired) electrons. The number of hydrogen-bond acceptors (Lipinski definition) is 5. The van der Waals surface area contributed by atoms with E-state index in [0.29, 0.717) is 15.5 Å². The zero-order valence-electron chi connectivity index (χ0n) is 12.4. The van der Waals surface area contributed by atoms with Crippen molar-refractivity contribution in [2.24, 2.45) is 0 Å². The van der Waals surface area contributed by atoms with Crippen LogP contribution in [0.15, 0.2) is 41.8 Å². The fourth-order valence-electron chi connectivity index (χ4n) is 2.10. The molecule has 126 valence electrons. The summed E-state index contributed by atoms with van der Waals surface area (Å²) in [5.74, 6) is -1.73. The first-order valence-corrected chi connectivity index (χ1v) is 8.50. The SMILES string of the molecule is O=C(Nc1csc(-c2ccc(Cl)cc2)c1C(=O)O)c1ccc(Cl)nn1. The average Bonchev–Trinajstić information content (AvgIpc) is 3.00. The molecule has 0 fully saturated rings. The molecule has 0 bridgehead atoms. The lowest BCUT2D eigenvalue weighted by atomic mass is 10.1. The first kappa shape index (κ1) is 17.3. The van der Waals surface area contributed by atoms with E-state index in [1.165, 1.54) is 23.5 Å². The van der Waals surface area contributed by atoms with E-state index in [-0.39, 0.29) is 22.1 Å². The molecule has 0 aliphatic rings. The number of benzene rings is 1. The third kappa shape index (κ3) is 3.79. The van der Waals surface area contributed by atoms with Gasteiger partial charge in [0.25, 0.3) is 5.91 Å². The van der Waals surface area contributed by atoms with Gasteiger partial charge in [0.15, 0.2) is 10.8 Å². The maximum atomic E-state index is 12.2. The van der Waals surface area contributed by atoms with Crippen LogP contribution in [0, 0.1) is 0 Å². The molecule has 2 N–H and O–H groups in total. The molecule has 25 heavy (non-hydrogen) atoms. The quantitative estimate of drug-likeness (QED) is 0.682. The number of aromatic nitrogens is 2. The van der Waals surface area contributed by atoms with E-state index in [1.807, 2.05) is 0 Å². The van der Waals surface area contributed by atoms with Crippen LogP contribution >= 0.6 is 34.5 Å². The highest BCUT2D eigenvalue weighted by Gasteiger charge is 2.22. The number of nitrogens with one attached hydrogen (secondary N) is 1. The summed E-state index contributed by atoms with van der Waals surface area (Å²) in [6, 6.07) is 9.60. The molecule has 0 aliphatic carbocycles. The second-order valence-corrected chi connectivity index (χ2v) is 6.56. The second kappa shape index (κ2) is 7.18. The van der Waals surface area contributed by atoms with Gasteiger partial charge in [0, 0.05) is 10.4 Å². The Bertz CT molecular complexity index is 940. The van der Waals surface area contributed by atoms with Crippen LogP contribution < -0.4 is 5.32 Å². The minimum Gasteiger partial charge on any atom is -0.478 e. The van der Waals surface area contributed by atoms with Gasteiger partial charge >= 0.3 is 5.97 Å². The monoisotopic (exact) mass is 393 g/mol. The molecule has 0 atom stereocenters. The lowest BCUT2D eigenvalue weighted by molar-refractivity contribution is 0.0699. The zero-order valence-corrected chi connectivity index (χ0v) is 14.7. The summed E-state index contributed by atoms with van der Waals surface area (Å²) in [4.78, 5) is 24.4. The molecule has 0 unspecified atom stereocenters. The molecule has 0 saturated heterocycles. The lowest BCUT2D eigenvalue weighted by Gasteiger charge is -2.06. The maximum Gasteiger partial charge on any atom is 0.339 e. The van der Waals surface area contributed by atoms with Crippen LogP contribution in [0.1, 0.15) is 20.8 Å². The van der Waals surface area contributed by atoms with Gasteiger partial charge in [-0.3, -0.25) is 4.79 Å². The third-order valence-electron chi connectivity index (χ3n) is 3.22. The highest BCUT2D eigenvalue weighted by Crippen LogP contribution is 2.36. The minimum absolute atomic E-state index is 0.00240. The molecule has 2 aromatic heterocycles. The van der Waals surface area contributed by atoms with Crippen molar-refractivity contribution in [2.75, 3.05) is 5.32 Å². The summed E-state index contributed by atoms with van der Waals surface area (Å²) >= 11 is 12.7. The molecular weight excluding hydrogens is 385 g/mol. The van der Waals surface area contributed by atoms with Gasteiger partial charge in [-0.15, -0.1) is 21.5 Å². The van der Waals surface area contributed by atoms with E-state index in [4.69, 9.17) is 23.2 Å². The van der Waals surface area contributed by atoms with Gasteiger partial charge in [-0.2, -0.15) is 0 Å². The van der Waals surface area contributed by atoms with Crippen molar-refractivity contribution in [3.63, 3.8) is 0 Å². The van der Waals surface area contributed by atoms with E-state index in [0.717, 1.165) is 0 Å². The third-order valence-corrected chi connectivity index (χ3v) is 4.71. The van der Waals surface area contributed by atoms with Crippen molar-refractivity contribution in [2.45, 2.75) is 0 Å². The van der Waals surface area contributed by atoms with Gasteiger partial charge in [0.05, 0.1) is 10.6 Å². The number of rotatable bonds is 4. The molecule has 0 aliphatic heterocycles. The summed E-state index contributed by atoms with van der Waals surface area (Å²) in [6.07, 6.45) is 0. The highest BCUT2D eigenvalue weighted by atomic mass is 35.5. The van der Waals surface area contributed by atoms with E-state index >= 15 is 0 Å². The van der Waals surface area contributed by atoms with Crippen LogP contribution in [0.3, 0.4) is 0 Å². The number of anilines is 1. The van der Waals surface area contributed by atoms with E-state index in [9.17, 15) is 14.7 Å². The maximum absolute atomic E-state index is 12.2. The molecule has 0 saturated carbocycles. The van der Waals surface area contributed by atoms with Crippen molar-refractivity contribution >= 4 is 52.1 Å². The summed E-state index contributed by atoms with van der Waals surface area (Å²) in [7, 11) is 0. The minimum atomic E-state index is -1.15. The number of carbonyl (C=O) groups is 2. The van der Waals surface area contributed by atoms with Gasteiger partial charge < -0.3 is 10.4 Å². The highest BCUT2D eigenvalue weighted by molar-refractivity contribution is 7.14. The number of nitrogens with zero attached hydrogens (tertiary/aromatic N) is 2. The Hall–Kier alpha value is -2.48. The summed E-state index contributed by atoms with van der Waals surface area (Å²) in [5, 5.41) is 21.6. The topological polar surface area (TPSA) is 92.2 Å². The number of amides is 1. The molecule has 3 aromatic rings. The Labute approximate surface area is 156 Å². The average molecular weight is 394 g/mol. The first-order valence-electron chi connectivity index (χ1n) is 6.87. The van der Waals surface area contributed by atoms with Crippen LogP contribution in [0.4, 0.5) is 5.69 Å². The molecular formula is C16H9Cl2N3O3S. The fourth-order valence-corrected chi connectivity index (χ4v) is 3.33. The fraction of sp³-hybridized carbons (Fsp3) is 0. The van der Waals surface area contributed by atoms with Crippen molar-refractivity contribution in [3.8, 4) is 10.4 Å². The first-order chi connectivity index (χ1) is 12.0. The van der Waals surface area contributed by atoms with Crippen LogP contribution in [-0.4, -0.2) is 27.2 Å². The molecule has 6 nitrogen and oxygen atoms in total. The number of hydrogen-bond donors (Lipinski definition) is 2. The smallest absolute Gasteiger partial charge is 0.339 e. The molecule has 1 amide bonds. The molecule has 2 heterocycles. The van der Waals surface area contributed by atoms with Gasteiger partial charge in [-0.1, -0.05) is 35.3 Å². The Morgan fingerprint density at radius 1 is 1.04 bits per heavy atom. The number of carboxylic acids is 1. The summed E-state index contributed by atoms with van der Waals surface area (Å²) in [5.41, 5.74) is 0.908. The zero-order chi connectivity index (χ0) is 18.0. The molecule has 0 spiro atoms. The Balaban J connectivity index is 1.94. The number of carbonyl (C=O) groups excluding carboxylic acids is 1. The Morgan fingerprint density at radius 3 is 2.36 bits per heavy atom. The van der Waals surface area contributed by atoms with Crippen LogP contribution in [0.2, 0.25) is 10.2 Å². The van der Waals surface area contributed by atoms with E-state index in [2.05, 4.69) is 15.5 Å². The largest absolute Gasteiger partial charge is 0.478 e. The number of carboxylic acid groups (broad SMARTS) is 1. The van der Waals surface area contributed by atoms with Crippen molar-refractivity contribution in [1.29, 1.82) is 0 Å². The molecule has 9 heteroatoms. The normalized spacial score (nSPS) is 10.5. The van der Waals surface area contributed by atoms with Crippen molar-refractivity contribution in [1.82, 2.24) is 10.2 Å². The number of aromatic carboxylic acids is 1. The summed E-state index contributed by atoms with van der Waals surface area (Å²) < 4.78 is 0. The van der Waals surface area contributed by atoms with Crippen LogP contribution in [-0.2, 0) is 0 Å². The lowest BCUT2D eigenvalue weighted by Crippen LogP contribution is -2.15. The van der Waals surface area contributed by atoms with Gasteiger partial charge in [-0.25, -0.2) is 4.79 Å². The van der Waals surface area contributed by atoms with Gasteiger partial charge in [0.1, 0.15) is 5.56 Å². The Morgan fingerprint density at radius 2 is 1.76 bits per heavy atom. The predicted molar refractivity (Wildman–Crippen MR) is 96.7 cm³/mol. The Kier molecular flexibility index (Phi) is 4.98. The number of halogens is 2. The van der Waals surface area contributed by atoms with Crippen LogP contribution in [0.25, 0.3) is 10.4 Å². The molecule has 1 aromatic carbocycles. The summed E-state index contributed by atoms with van der Waals surface area (Å²) in [6.45, 7) is 0. The van der Waals surface area contributed by atoms with Crippen LogP contribution in [0.5, 0.6) is 0 Å². The second-order valence-electron chi connectivity index (χ2n) is 4.86. The standard InChI is InChI=1S/C16H9Cl2N3O3S/c17-9-3-1-8(2-4-9)14-13(16(23)24)11(7-25-14)19-15(22)10-5-6-12(18)21-20-10/h1-7H,(H,19,22)(H,23,24). The predicted octanol–water partition coefficient (Wildman–Crippen LogP) is 4.46. The molecule has 3 rings (SSSR count). The van der Waals surface area contributed by atoms with E-state index < -0.39 is 11.9 Å². The van der Waals surface area contributed by atoms with Crippen molar-refractivity contribution in [3.05, 3.63) is 63.2 Å². The van der Waals surface area contributed by atoms with Gasteiger partial charge in [-0.05, 0) is 29.8 Å².